The van der Waals surface area contributed by atoms with Crippen LogP contribution in [0, 0.1) is 12.8 Å². The van der Waals surface area contributed by atoms with Crippen LogP contribution in [0.3, 0.4) is 0 Å². The lowest BCUT2D eigenvalue weighted by Crippen LogP contribution is -2.45. The van der Waals surface area contributed by atoms with Crippen molar-refractivity contribution in [2.45, 2.75) is 65.3 Å². The first-order valence-electron chi connectivity index (χ1n) is 11.2. The molecule has 2 atom stereocenters. The molecule has 1 aromatic carbocycles. The predicted octanol–water partition coefficient (Wildman–Crippen LogP) is 2.62. The summed E-state index contributed by atoms with van der Waals surface area (Å²) in [5, 5.41) is 11.5. The first-order valence-corrected chi connectivity index (χ1v) is 11.2. The molecular formula is C23H31N5O3. The third-order valence-corrected chi connectivity index (χ3v) is 6.40. The number of amides is 2. The Morgan fingerprint density at radius 1 is 1.23 bits per heavy atom. The van der Waals surface area contributed by atoms with Crippen LogP contribution < -0.4 is 5.32 Å². The highest BCUT2D eigenvalue weighted by Crippen LogP contribution is 2.28. The Bertz CT molecular complexity index is 931. The summed E-state index contributed by atoms with van der Waals surface area (Å²) in [5.74, 6) is -0.0665. The Kier molecular flexibility index (Phi) is 6.36. The van der Waals surface area contributed by atoms with Crippen molar-refractivity contribution in [2.75, 3.05) is 13.1 Å². The SMILES string of the molecule is CCC(C)NC(=O)C1CCN(C(=O)c2nnn3c2COC(c2ccc(C)cc2)C3)CC1. The molecule has 2 aliphatic rings. The summed E-state index contributed by atoms with van der Waals surface area (Å²) in [4.78, 5) is 27.2. The number of nitrogens with one attached hydrogen (secondary N) is 1. The fourth-order valence-corrected chi connectivity index (χ4v) is 4.12. The molecule has 2 amide bonds. The number of hydrogen-bond donors (Lipinski definition) is 1. The van der Waals surface area contributed by atoms with E-state index in [1.807, 2.05) is 6.92 Å². The van der Waals surface area contributed by atoms with Gasteiger partial charge in [0.15, 0.2) is 5.69 Å². The average molecular weight is 426 g/mol. The molecule has 0 spiro atoms. The smallest absolute Gasteiger partial charge is 0.276 e. The van der Waals surface area contributed by atoms with E-state index in [0.29, 0.717) is 44.8 Å². The molecule has 1 saturated heterocycles. The van der Waals surface area contributed by atoms with E-state index in [4.69, 9.17) is 4.74 Å². The topological polar surface area (TPSA) is 89.4 Å². The summed E-state index contributed by atoms with van der Waals surface area (Å²) in [5.41, 5.74) is 3.39. The molecular weight excluding hydrogens is 394 g/mol. The summed E-state index contributed by atoms with van der Waals surface area (Å²) < 4.78 is 7.82. The summed E-state index contributed by atoms with van der Waals surface area (Å²) in [7, 11) is 0. The highest BCUT2D eigenvalue weighted by atomic mass is 16.5. The molecule has 0 saturated carbocycles. The number of hydrogen-bond acceptors (Lipinski definition) is 5. The number of piperidine rings is 1. The fraction of sp³-hybridized carbons (Fsp3) is 0.565. The van der Waals surface area contributed by atoms with Gasteiger partial charge in [-0.25, -0.2) is 4.68 Å². The Labute approximate surface area is 182 Å². The Morgan fingerprint density at radius 2 is 1.94 bits per heavy atom. The summed E-state index contributed by atoms with van der Waals surface area (Å²) >= 11 is 0. The molecule has 4 rings (SSSR count). The predicted molar refractivity (Wildman–Crippen MR) is 115 cm³/mol. The van der Waals surface area contributed by atoms with E-state index in [0.717, 1.165) is 17.7 Å². The molecule has 2 aliphatic heterocycles. The average Bonchev–Trinajstić information content (AvgIpc) is 3.22. The maximum absolute atomic E-state index is 13.1. The minimum Gasteiger partial charge on any atom is -0.365 e. The van der Waals surface area contributed by atoms with E-state index in [1.165, 1.54) is 5.56 Å². The zero-order chi connectivity index (χ0) is 22.0. The number of carbonyl (C=O) groups is 2. The monoisotopic (exact) mass is 425 g/mol. The number of nitrogens with zero attached hydrogens (tertiary/aromatic N) is 4. The highest BCUT2D eigenvalue weighted by Gasteiger charge is 2.33. The van der Waals surface area contributed by atoms with E-state index in [9.17, 15) is 9.59 Å². The molecule has 1 fully saturated rings. The molecule has 1 N–H and O–H groups in total. The molecule has 0 aliphatic carbocycles. The molecule has 8 heteroatoms. The maximum Gasteiger partial charge on any atom is 0.276 e. The largest absolute Gasteiger partial charge is 0.365 e. The van der Waals surface area contributed by atoms with Crippen molar-refractivity contribution >= 4 is 11.8 Å². The zero-order valence-corrected chi connectivity index (χ0v) is 18.5. The molecule has 1 aromatic heterocycles. The summed E-state index contributed by atoms with van der Waals surface area (Å²) in [6.07, 6.45) is 2.15. The van der Waals surface area contributed by atoms with Crippen LogP contribution >= 0.6 is 0 Å². The first kappa shape index (κ1) is 21.5. The Hall–Kier alpha value is -2.74. The van der Waals surface area contributed by atoms with Crippen LogP contribution in [-0.4, -0.2) is 50.8 Å². The lowest BCUT2D eigenvalue weighted by atomic mass is 9.95. The molecule has 8 nitrogen and oxygen atoms in total. The van der Waals surface area contributed by atoms with E-state index >= 15 is 0 Å². The van der Waals surface area contributed by atoms with Gasteiger partial charge < -0.3 is 15.0 Å². The molecule has 3 heterocycles. The molecule has 0 bridgehead atoms. The van der Waals surface area contributed by atoms with Gasteiger partial charge in [-0.1, -0.05) is 42.0 Å². The number of aromatic nitrogens is 3. The van der Waals surface area contributed by atoms with Crippen LogP contribution in [0.25, 0.3) is 0 Å². The highest BCUT2D eigenvalue weighted by molar-refractivity contribution is 5.93. The van der Waals surface area contributed by atoms with Gasteiger partial charge in [-0.15, -0.1) is 5.10 Å². The van der Waals surface area contributed by atoms with E-state index < -0.39 is 0 Å². The van der Waals surface area contributed by atoms with Gasteiger partial charge in [0.2, 0.25) is 5.91 Å². The summed E-state index contributed by atoms with van der Waals surface area (Å²) in [6, 6.07) is 8.44. The van der Waals surface area contributed by atoms with Gasteiger partial charge in [0.25, 0.3) is 5.91 Å². The minimum absolute atomic E-state index is 0.0364. The minimum atomic E-state index is -0.126. The second kappa shape index (κ2) is 9.18. The molecule has 31 heavy (non-hydrogen) atoms. The zero-order valence-electron chi connectivity index (χ0n) is 18.5. The number of benzene rings is 1. The number of fused-ring (bicyclic) bond motifs is 1. The van der Waals surface area contributed by atoms with E-state index in [2.05, 4.69) is 53.7 Å². The normalized spacial score (nSPS) is 20.2. The van der Waals surface area contributed by atoms with Gasteiger partial charge >= 0.3 is 0 Å². The van der Waals surface area contributed by atoms with E-state index in [1.54, 1.807) is 9.58 Å². The van der Waals surface area contributed by atoms with Crippen LogP contribution in [0.2, 0.25) is 0 Å². The quantitative estimate of drug-likeness (QED) is 0.795. The number of likely N-dealkylation sites (tertiary alicyclic amines) is 1. The van der Waals surface area contributed by atoms with Crippen LogP contribution in [0.15, 0.2) is 24.3 Å². The van der Waals surface area contributed by atoms with Crippen LogP contribution in [0.1, 0.15) is 66.5 Å². The van der Waals surface area contributed by atoms with Crippen molar-refractivity contribution in [3.8, 4) is 0 Å². The second-order valence-electron chi connectivity index (χ2n) is 8.66. The fourth-order valence-electron chi connectivity index (χ4n) is 4.12. The van der Waals surface area contributed by atoms with Gasteiger partial charge in [-0.05, 0) is 38.7 Å². The summed E-state index contributed by atoms with van der Waals surface area (Å²) in [6.45, 7) is 8.07. The van der Waals surface area contributed by atoms with Crippen molar-refractivity contribution in [2.24, 2.45) is 5.92 Å². The third-order valence-electron chi connectivity index (χ3n) is 6.40. The molecule has 166 valence electrons. The van der Waals surface area contributed by atoms with Gasteiger partial charge in [0.1, 0.15) is 6.10 Å². The second-order valence-corrected chi connectivity index (χ2v) is 8.66. The Balaban J connectivity index is 1.37. The molecule has 2 unspecified atom stereocenters. The van der Waals surface area contributed by atoms with E-state index in [-0.39, 0.29) is 29.9 Å². The molecule has 0 radical (unpaired) electrons. The maximum atomic E-state index is 13.1. The number of rotatable bonds is 5. The lowest BCUT2D eigenvalue weighted by Gasteiger charge is -2.32. The van der Waals surface area contributed by atoms with Crippen molar-refractivity contribution in [1.82, 2.24) is 25.2 Å². The number of aryl methyl sites for hydroxylation is 1. The molecule has 2 aromatic rings. The van der Waals surface area contributed by atoms with Crippen molar-refractivity contribution in [1.29, 1.82) is 0 Å². The van der Waals surface area contributed by atoms with Crippen LogP contribution in [0.5, 0.6) is 0 Å². The number of ether oxygens (including phenoxy) is 1. The lowest BCUT2D eigenvalue weighted by molar-refractivity contribution is -0.126. The van der Waals surface area contributed by atoms with Crippen LogP contribution in [0.4, 0.5) is 0 Å². The van der Waals surface area contributed by atoms with Crippen LogP contribution in [-0.2, 0) is 22.7 Å². The van der Waals surface area contributed by atoms with Gasteiger partial charge in [0, 0.05) is 25.0 Å². The van der Waals surface area contributed by atoms with Gasteiger partial charge in [-0.3, -0.25) is 9.59 Å². The van der Waals surface area contributed by atoms with Crippen molar-refractivity contribution in [3.05, 3.63) is 46.8 Å². The van der Waals surface area contributed by atoms with Crippen molar-refractivity contribution in [3.63, 3.8) is 0 Å². The third kappa shape index (κ3) is 4.63. The first-order chi connectivity index (χ1) is 15.0. The van der Waals surface area contributed by atoms with Crippen molar-refractivity contribution < 1.29 is 14.3 Å². The standard InChI is InChI=1S/C23H31N5O3/c1-4-16(3)24-22(29)18-9-11-27(12-10-18)23(30)21-19-14-31-20(13-28(19)26-25-21)17-7-5-15(2)6-8-17/h5-8,16,18,20H,4,9-14H2,1-3H3,(H,24,29). The van der Waals surface area contributed by atoms with Gasteiger partial charge in [-0.2, -0.15) is 0 Å². The Morgan fingerprint density at radius 3 is 2.61 bits per heavy atom. The van der Waals surface area contributed by atoms with Gasteiger partial charge in [0.05, 0.1) is 18.8 Å². The number of carbonyl (C=O) groups excluding carboxylic acids is 2.